The topological polar surface area (TPSA) is 58.2 Å². The number of nitrogens with one attached hydrogen (secondary N) is 2. The highest BCUT2D eigenvalue weighted by molar-refractivity contribution is 5.73. The van der Waals surface area contributed by atoms with Crippen LogP contribution in [0.3, 0.4) is 0 Å². The average Bonchev–Trinajstić information content (AvgIpc) is 2.89. The van der Waals surface area contributed by atoms with E-state index in [4.69, 9.17) is 0 Å². The highest BCUT2D eigenvalue weighted by Crippen LogP contribution is 2.44. The molecule has 76 valence electrons. The van der Waals surface area contributed by atoms with Crippen LogP contribution >= 0.6 is 0 Å². The quantitative estimate of drug-likeness (QED) is 0.687. The molecule has 1 saturated carbocycles. The summed E-state index contributed by atoms with van der Waals surface area (Å²) in [4.78, 5) is 22.2. The Labute approximate surface area is 82.0 Å². The Kier molecular flexibility index (Phi) is 1.87. The molecule has 0 aliphatic heterocycles. The Morgan fingerprint density at radius 1 is 1.21 bits per heavy atom. The van der Waals surface area contributed by atoms with Gasteiger partial charge in [0.15, 0.2) is 0 Å². The fourth-order valence-corrected chi connectivity index (χ4v) is 1.49. The average molecular weight is 194 g/mol. The van der Waals surface area contributed by atoms with Crippen molar-refractivity contribution in [1.82, 2.24) is 0 Å². The van der Waals surface area contributed by atoms with Crippen LogP contribution in [0.15, 0.2) is 9.59 Å². The van der Waals surface area contributed by atoms with Crippen LogP contribution in [0.5, 0.6) is 0 Å². The summed E-state index contributed by atoms with van der Waals surface area (Å²) in [5.74, 6) is 0. The van der Waals surface area contributed by atoms with Gasteiger partial charge in [0.2, 0.25) is 0 Å². The normalized spacial score (nSPS) is 18.1. The molecule has 1 aromatic rings. The van der Waals surface area contributed by atoms with E-state index >= 15 is 0 Å². The smallest absolute Gasteiger partial charge is 0.253 e. The molecule has 0 atom stereocenters. The fourth-order valence-electron chi connectivity index (χ4n) is 1.49. The summed E-state index contributed by atoms with van der Waals surface area (Å²) in [7, 11) is 1.65. The summed E-state index contributed by atoms with van der Waals surface area (Å²) in [6.45, 7) is 2.96. The summed E-state index contributed by atoms with van der Waals surface area (Å²) >= 11 is 0. The van der Waals surface area contributed by atoms with Crippen molar-refractivity contribution in [2.75, 3.05) is 24.2 Å². The van der Waals surface area contributed by atoms with Crippen LogP contribution in [0.1, 0.15) is 19.8 Å². The third kappa shape index (κ3) is 1.31. The molecular formula is C10H14N2O2. The molecule has 14 heavy (non-hydrogen) atoms. The Morgan fingerprint density at radius 2 is 1.79 bits per heavy atom. The van der Waals surface area contributed by atoms with Gasteiger partial charge in [-0.1, -0.05) is 6.92 Å². The molecule has 4 heteroatoms. The van der Waals surface area contributed by atoms with E-state index in [0.29, 0.717) is 16.8 Å². The van der Waals surface area contributed by atoms with E-state index in [1.165, 1.54) is 12.8 Å². The summed E-state index contributed by atoms with van der Waals surface area (Å²) in [6.07, 6.45) is 2.40. The summed E-state index contributed by atoms with van der Waals surface area (Å²) < 4.78 is 0. The first-order valence-electron chi connectivity index (χ1n) is 4.82. The lowest BCUT2D eigenvalue weighted by Crippen LogP contribution is -2.37. The SMILES string of the molecule is CNc1c(NCC2(C)CC2)c(=O)c1=O. The van der Waals surface area contributed by atoms with Crippen molar-refractivity contribution in [3.63, 3.8) is 0 Å². The van der Waals surface area contributed by atoms with E-state index in [1.54, 1.807) is 7.05 Å². The largest absolute Gasteiger partial charge is 0.383 e. The molecule has 0 amide bonds. The minimum atomic E-state index is -0.407. The van der Waals surface area contributed by atoms with Crippen molar-refractivity contribution < 1.29 is 0 Å². The first-order chi connectivity index (χ1) is 6.57. The van der Waals surface area contributed by atoms with E-state index in [2.05, 4.69) is 17.6 Å². The zero-order valence-electron chi connectivity index (χ0n) is 8.44. The second-order valence-electron chi connectivity index (χ2n) is 4.32. The third-order valence-electron chi connectivity index (χ3n) is 2.96. The molecule has 0 saturated heterocycles. The minimum Gasteiger partial charge on any atom is -0.383 e. The molecule has 2 rings (SSSR count). The number of hydrogen-bond acceptors (Lipinski definition) is 4. The van der Waals surface area contributed by atoms with E-state index in [9.17, 15) is 9.59 Å². The Hall–Kier alpha value is -1.32. The van der Waals surface area contributed by atoms with Crippen molar-refractivity contribution in [2.45, 2.75) is 19.8 Å². The number of rotatable bonds is 4. The predicted octanol–water partition coefficient (Wildman–Crippen LogP) is 0.536. The van der Waals surface area contributed by atoms with Crippen molar-refractivity contribution in [1.29, 1.82) is 0 Å². The molecule has 0 radical (unpaired) electrons. The molecule has 1 aliphatic carbocycles. The van der Waals surface area contributed by atoms with Gasteiger partial charge in [0.25, 0.3) is 10.9 Å². The lowest BCUT2D eigenvalue weighted by atomic mass is 10.1. The number of hydrogen-bond donors (Lipinski definition) is 2. The number of anilines is 2. The molecule has 0 unspecified atom stereocenters. The Balaban J connectivity index is 2.06. The molecule has 1 fully saturated rings. The zero-order chi connectivity index (χ0) is 10.3. The van der Waals surface area contributed by atoms with Gasteiger partial charge in [-0.05, 0) is 18.3 Å². The van der Waals surface area contributed by atoms with E-state index in [-0.39, 0.29) is 0 Å². The molecule has 1 aromatic carbocycles. The lowest BCUT2D eigenvalue weighted by Gasteiger charge is -2.15. The molecular weight excluding hydrogens is 180 g/mol. The Bertz CT molecular complexity index is 425. The van der Waals surface area contributed by atoms with Gasteiger partial charge in [-0.2, -0.15) is 0 Å². The van der Waals surface area contributed by atoms with Gasteiger partial charge in [0.1, 0.15) is 11.4 Å². The molecule has 0 aromatic heterocycles. The highest BCUT2D eigenvalue weighted by atomic mass is 16.2. The minimum absolute atomic E-state index is 0.338. The van der Waals surface area contributed by atoms with Crippen molar-refractivity contribution in [2.24, 2.45) is 5.41 Å². The summed E-state index contributed by atoms with van der Waals surface area (Å²) in [5.41, 5.74) is 0.435. The second-order valence-corrected chi connectivity index (χ2v) is 4.32. The van der Waals surface area contributed by atoms with Crippen LogP contribution < -0.4 is 21.5 Å². The van der Waals surface area contributed by atoms with Crippen molar-refractivity contribution in [3.05, 3.63) is 20.4 Å². The first-order valence-corrected chi connectivity index (χ1v) is 4.82. The first kappa shape index (κ1) is 9.24. The molecule has 0 spiro atoms. The van der Waals surface area contributed by atoms with Crippen LogP contribution in [0, 0.1) is 5.41 Å². The molecule has 1 aliphatic rings. The lowest BCUT2D eigenvalue weighted by molar-refractivity contribution is 0.610. The van der Waals surface area contributed by atoms with E-state index in [1.807, 2.05) is 0 Å². The van der Waals surface area contributed by atoms with Crippen LogP contribution in [0.25, 0.3) is 0 Å². The fraction of sp³-hybridized carbons (Fsp3) is 0.600. The molecule has 0 heterocycles. The standard InChI is InChI=1S/C10H14N2O2/c1-10(3-4-10)5-12-7-6(11-2)8(13)9(7)14/h11-12H,3-5H2,1-2H3. The van der Waals surface area contributed by atoms with Gasteiger partial charge < -0.3 is 10.6 Å². The van der Waals surface area contributed by atoms with E-state index in [0.717, 1.165) is 6.54 Å². The highest BCUT2D eigenvalue weighted by Gasteiger charge is 2.37. The van der Waals surface area contributed by atoms with Crippen molar-refractivity contribution in [3.8, 4) is 0 Å². The van der Waals surface area contributed by atoms with Gasteiger partial charge in [-0.15, -0.1) is 0 Å². The summed E-state index contributed by atoms with van der Waals surface area (Å²) in [6, 6.07) is 0. The van der Waals surface area contributed by atoms with Gasteiger partial charge in [0, 0.05) is 13.6 Å². The second kappa shape index (κ2) is 2.83. The Morgan fingerprint density at radius 3 is 2.29 bits per heavy atom. The monoisotopic (exact) mass is 194 g/mol. The van der Waals surface area contributed by atoms with Crippen LogP contribution in [0.4, 0.5) is 11.4 Å². The van der Waals surface area contributed by atoms with Crippen molar-refractivity contribution >= 4 is 11.4 Å². The third-order valence-corrected chi connectivity index (χ3v) is 2.96. The maximum Gasteiger partial charge on any atom is 0.253 e. The predicted molar refractivity (Wildman–Crippen MR) is 56.7 cm³/mol. The maximum absolute atomic E-state index is 11.2. The van der Waals surface area contributed by atoms with Crippen LogP contribution in [0.2, 0.25) is 0 Å². The van der Waals surface area contributed by atoms with Gasteiger partial charge in [0.05, 0.1) is 0 Å². The zero-order valence-corrected chi connectivity index (χ0v) is 8.44. The van der Waals surface area contributed by atoms with Crippen LogP contribution in [-0.2, 0) is 0 Å². The molecule has 4 nitrogen and oxygen atoms in total. The van der Waals surface area contributed by atoms with Gasteiger partial charge >= 0.3 is 0 Å². The maximum atomic E-state index is 11.2. The van der Waals surface area contributed by atoms with E-state index < -0.39 is 10.9 Å². The summed E-state index contributed by atoms with van der Waals surface area (Å²) in [5, 5.41) is 5.78. The molecule has 0 bridgehead atoms. The van der Waals surface area contributed by atoms with Crippen LogP contribution in [-0.4, -0.2) is 13.6 Å². The van der Waals surface area contributed by atoms with Gasteiger partial charge in [-0.3, -0.25) is 9.59 Å². The molecule has 2 N–H and O–H groups in total. The van der Waals surface area contributed by atoms with Gasteiger partial charge in [-0.25, -0.2) is 0 Å².